The van der Waals surface area contributed by atoms with E-state index in [1.54, 1.807) is 0 Å². The SMILES string of the molecule is O=C(O)C1=C(F)C(F)C(F)([N+](=O)[O-])C(F)=C1. The van der Waals surface area contributed by atoms with Gasteiger partial charge in [-0.2, -0.15) is 4.39 Å². The van der Waals surface area contributed by atoms with Gasteiger partial charge in [-0.15, -0.1) is 0 Å². The van der Waals surface area contributed by atoms with Crippen LogP contribution in [-0.4, -0.2) is 28.0 Å². The Morgan fingerprint density at radius 2 is 2.06 bits per heavy atom. The lowest BCUT2D eigenvalue weighted by atomic mass is 9.97. The highest BCUT2D eigenvalue weighted by Gasteiger charge is 2.62. The quantitative estimate of drug-likeness (QED) is 0.343. The van der Waals surface area contributed by atoms with Crippen LogP contribution in [0.5, 0.6) is 0 Å². The molecule has 0 aromatic carbocycles. The summed E-state index contributed by atoms with van der Waals surface area (Å²) in [6.07, 6.45) is -3.88. The molecule has 1 rings (SSSR count). The van der Waals surface area contributed by atoms with Crippen molar-refractivity contribution >= 4 is 5.97 Å². The summed E-state index contributed by atoms with van der Waals surface area (Å²) in [5, 5.41) is 18.4. The Balaban J connectivity index is 3.38. The maximum absolute atomic E-state index is 13.2. The molecule has 0 saturated carbocycles. The number of nitro groups is 1. The Bertz CT molecular complexity index is 432. The molecule has 1 aliphatic carbocycles. The lowest BCUT2D eigenvalue weighted by Crippen LogP contribution is -2.46. The van der Waals surface area contributed by atoms with Gasteiger partial charge in [0.1, 0.15) is 0 Å². The highest BCUT2D eigenvalue weighted by molar-refractivity contribution is 5.91. The summed E-state index contributed by atoms with van der Waals surface area (Å²) in [7, 11) is 0. The third-order valence-electron chi connectivity index (χ3n) is 1.92. The topological polar surface area (TPSA) is 80.4 Å². The molecule has 16 heavy (non-hydrogen) atoms. The summed E-state index contributed by atoms with van der Waals surface area (Å²) >= 11 is 0. The fourth-order valence-corrected chi connectivity index (χ4v) is 1.07. The summed E-state index contributed by atoms with van der Waals surface area (Å²) in [5.74, 6) is -11.0. The van der Waals surface area contributed by atoms with Crippen LogP contribution in [0.1, 0.15) is 0 Å². The molecule has 0 fully saturated rings. The molecule has 9 heteroatoms. The van der Waals surface area contributed by atoms with Gasteiger partial charge in [0.25, 0.3) is 6.17 Å². The van der Waals surface area contributed by atoms with E-state index in [0.717, 1.165) is 0 Å². The number of hydrogen-bond acceptors (Lipinski definition) is 3. The van der Waals surface area contributed by atoms with Gasteiger partial charge in [-0.25, -0.2) is 18.0 Å². The molecule has 1 aliphatic rings. The average Bonchev–Trinajstić information content (AvgIpc) is 2.19. The van der Waals surface area contributed by atoms with Crippen LogP contribution in [0.3, 0.4) is 0 Å². The first-order valence-corrected chi connectivity index (χ1v) is 3.71. The molecule has 0 radical (unpaired) electrons. The van der Waals surface area contributed by atoms with E-state index in [1.807, 2.05) is 0 Å². The third-order valence-corrected chi connectivity index (χ3v) is 1.92. The molecule has 0 spiro atoms. The van der Waals surface area contributed by atoms with Crippen molar-refractivity contribution in [2.24, 2.45) is 0 Å². The fourth-order valence-electron chi connectivity index (χ4n) is 1.07. The van der Waals surface area contributed by atoms with Crippen LogP contribution >= 0.6 is 0 Å². The number of carboxylic acid groups (broad SMARTS) is 1. The van der Waals surface area contributed by atoms with Crippen LogP contribution in [0.15, 0.2) is 23.3 Å². The molecular weight excluding hydrogens is 238 g/mol. The molecule has 5 nitrogen and oxygen atoms in total. The first kappa shape index (κ1) is 12.1. The van der Waals surface area contributed by atoms with E-state index in [4.69, 9.17) is 5.11 Å². The van der Waals surface area contributed by atoms with Gasteiger partial charge in [0, 0.05) is 0 Å². The maximum Gasteiger partial charge on any atom is 0.447 e. The number of carboxylic acids is 1. The number of halogens is 4. The van der Waals surface area contributed by atoms with E-state index in [-0.39, 0.29) is 6.08 Å². The van der Waals surface area contributed by atoms with Crippen molar-refractivity contribution in [2.75, 3.05) is 0 Å². The van der Waals surface area contributed by atoms with E-state index >= 15 is 0 Å². The Labute approximate surface area is 84.8 Å². The summed E-state index contributed by atoms with van der Waals surface area (Å²) < 4.78 is 51.9. The van der Waals surface area contributed by atoms with Gasteiger partial charge < -0.3 is 5.11 Å². The monoisotopic (exact) mass is 241 g/mol. The zero-order valence-corrected chi connectivity index (χ0v) is 7.29. The number of aliphatic carboxylic acids is 1. The van der Waals surface area contributed by atoms with Crippen molar-refractivity contribution < 1.29 is 32.4 Å². The fraction of sp³-hybridized carbons (Fsp3) is 0.286. The van der Waals surface area contributed by atoms with Crippen molar-refractivity contribution in [3.05, 3.63) is 33.4 Å². The lowest BCUT2D eigenvalue weighted by molar-refractivity contribution is -0.604. The maximum atomic E-state index is 13.2. The van der Waals surface area contributed by atoms with Crippen LogP contribution in [-0.2, 0) is 4.79 Å². The lowest BCUT2D eigenvalue weighted by Gasteiger charge is -2.21. The minimum absolute atomic E-state index is 0.253. The molecule has 0 bridgehead atoms. The highest BCUT2D eigenvalue weighted by atomic mass is 19.2. The van der Waals surface area contributed by atoms with Gasteiger partial charge in [-0.3, -0.25) is 10.1 Å². The summed E-state index contributed by atoms with van der Waals surface area (Å²) in [6, 6.07) is 0. The van der Waals surface area contributed by atoms with E-state index in [1.165, 1.54) is 0 Å². The number of carbonyl (C=O) groups is 1. The number of nitrogens with zero attached hydrogens (tertiary/aromatic N) is 1. The second-order valence-electron chi connectivity index (χ2n) is 2.85. The van der Waals surface area contributed by atoms with Crippen LogP contribution in [0.4, 0.5) is 17.6 Å². The van der Waals surface area contributed by atoms with Gasteiger partial charge in [-0.05, 0) is 6.08 Å². The van der Waals surface area contributed by atoms with Crippen LogP contribution in [0, 0.1) is 10.1 Å². The van der Waals surface area contributed by atoms with Gasteiger partial charge in [0.2, 0.25) is 5.83 Å². The molecule has 88 valence electrons. The Morgan fingerprint density at radius 1 is 1.56 bits per heavy atom. The van der Waals surface area contributed by atoms with E-state index in [9.17, 15) is 32.5 Å². The smallest absolute Gasteiger partial charge is 0.447 e. The van der Waals surface area contributed by atoms with Crippen LogP contribution in [0.25, 0.3) is 0 Å². The average molecular weight is 241 g/mol. The molecule has 2 unspecified atom stereocenters. The van der Waals surface area contributed by atoms with Crippen molar-refractivity contribution in [2.45, 2.75) is 12.0 Å². The van der Waals surface area contributed by atoms with Crippen molar-refractivity contribution in [3.8, 4) is 0 Å². The number of rotatable bonds is 2. The molecule has 0 aliphatic heterocycles. The van der Waals surface area contributed by atoms with Gasteiger partial charge in [0.15, 0.2) is 5.83 Å². The molecule has 0 heterocycles. The van der Waals surface area contributed by atoms with Crippen molar-refractivity contribution in [3.63, 3.8) is 0 Å². The third kappa shape index (κ3) is 1.44. The van der Waals surface area contributed by atoms with E-state index in [0.29, 0.717) is 0 Å². The second-order valence-corrected chi connectivity index (χ2v) is 2.85. The second kappa shape index (κ2) is 3.58. The van der Waals surface area contributed by atoms with Gasteiger partial charge >= 0.3 is 11.8 Å². The first-order chi connectivity index (χ1) is 7.22. The standard InChI is InChI=1S/C7H3F4NO4/c8-3-1-2(6(13)14)4(9)5(10)7(3,11)12(15)16/h1,5H,(H,13,14). The molecule has 0 aromatic heterocycles. The molecule has 0 aromatic rings. The summed E-state index contributed by atoms with van der Waals surface area (Å²) in [5.41, 5.74) is -1.49. The molecular formula is C7H3F4NO4. The normalized spacial score (nSPS) is 30.0. The van der Waals surface area contributed by atoms with Crippen LogP contribution < -0.4 is 0 Å². The molecule has 0 amide bonds. The Kier molecular flexibility index (Phi) is 2.71. The summed E-state index contributed by atoms with van der Waals surface area (Å²) in [4.78, 5) is 18.4. The van der Waals surface area contributed by atoms with Crippen LogP contribution in [0.2, 0.25) is 0 Å². The van der Waals surface area contributed by atoms with Crippen molar-refractivity contribution in [1.29, 1.82) is 0 Å². The van der Waals surface area contributed by atoms with Crippen molar-refractivity contribution in [1.82, 2.24) is 0 Å². The first-order valence-electron chi connectivity index (χ1n) is 3.71. The predicted molar refractivity (Wildman–Crippen MR) is 40.7 cm³/mol. The Hall–Kier alpha value is -1.93. The summed E-state index contributed by atoms with van der Waals surface area (Å²) in [6.45, 7) is 0. The Morgan fingerprint density at radius 3 is 2.44 bits per heavy atom. The van der Waals surface area contributed by atoms with E-state index < -0.39 is 40.1 Å². The number of alkyl halides is 2. The minimum atomic E-state index is -4.41. The molecule has 1 N–H and O–H groups in total. The largest absolute Gasteiger partial charge is 0.478 e. The van der Waals surface area contributed by atoms with Gasteiger partial charge in [0.05, 0.1) is 10.5 Å². The minimum Gasteiger partial charge on any atom is -0.478 e. The number of hydrogen-bond donors (Lipinski definition) is 1. The van der Waals surface area contributed by atoms with Gasteiger partial charge in [-0.1, -0.05) is 0 Å². The predicted octanol–water partition coefficient (Wildman–Crippen LogP) is 1.44. The molecule has 0 saturated heterocycles. The highest BCUT2D eigenvalue weighted by Crippen LogP contribution is 2.40. The zero-order valence-electron chi connectivity index (χ0n) is 7.29. The van der Waals surface area contributed by atoms with E-state index in [2.05, 4.69) is 0 Å². The zero-order chi connectivity index (χ0) is 12.7. The molecule has 2 atom stereocenters.